The number of benzene rings is 2. The lowest BCUT2D eigenvalue weighted by atomic mass is 10.2. The van der Waals surface area contributed by atoms with Crippen molar-refractivity contribution in [2.24, 2.45) is 0 Å². The van der Waals surface area contributed by atoms with Gasteiger partial charge in [0.25, 0.3) is 5.91 Å². The number of morpholine rings is 1. The van der Waals surface area contributed by atoms with Crippen molar-refractivity contribution >= 4 is 21.6 Å². The van der Waals surface area contributed by atoms with E-state index < -0.39 is 10.0 Å². The lowest BCUT2D eigenvalue weighted by Crippen LogP contribution is -2.48. The minimum absolute atomic E-state index is 0.132. The number of aryl methyl sites for hydroxylation is 1. The van der Waals surface area contributed by atoms with Crippen LogP contribution < -0.4 is 10.1 Å². The predicted molar refractivity (Wildman–Crippen MR) is 111 cm³/mol. The molecule has 2 aromatic rings. The molecule has 2 unspecified atom stereocenters. The number of carbonyl (C=O) groups excluding carboxylic acids is 1. The number of hydrogen-bond donors (Lipinski definition) is 1. The number of sulfonamides is 1. The molecular weight excluding hydrogens is 392 g/mol. The zero-order valence-electron chi connectivity index (χ0n) is 16.8. The fraction of sp³-hybridized carbons (Fsp3) is 0.381. The van der Waals surface area contributed by atoms with Crippen LogP contribution in [0, 0.1) is 6.92 Å². The Morgan fingerprint density at radius 2 is 1.79 bits per heavy atom. The maximum Gasteiger partial charge on any atom is 0.262 e. The fourth-order valence-corrected chi connectivity index (χ4v) is 4.83. The molecule has 1 fully saturated rings. The monoisotopic (exact) mass is 418 g/mol. The van der Waals surface area contributed by atoms with Crippen LogP contribution in [-0.4, -0.2) is 50.5 Å². The van der Waals surface area contributed by atoms with Gasteiger partial charge in [0.05, 0.1) is 17.1 Å². The van der Waals surface area contributed by atoms with Gasteiger partial charge in [0, 0.05) is 18.8 Å². The summed E-state index contributed by atoms with van der Waals surface area (Å²) in [6.07, 6.45) is -0.305. The van der Waals surface area contributed by atoms with E-state index in [4.69, 9.17) is 9.47 Å². The minimum atomic E-state index is -3.61. The summed E-state index contributed by atoms with van der Waals surface area (Å²) in [4.78, 5) is 12.3. The molecule has 1 aliphatic rings. The van der Waals surface area contributed by atoms with Crippen LogP contribution in [0.15, 0.2) is 53.4 Å². The van der Waals surface area contributed by atoms with E-state index in [1.807, 2.05) is 39.0 Å². The quantitative estimate of drug-likeness (QED) is 0.780. The lowest BCUT2D eigenvalue weighted by molar-refractivity contribution is -0.118. The summed E-state index contributed by atoms with van der Waals surface area (Å²) in [5.41, 5.74) is 1.55. The highest BCUT2D eigenvalue weighted by Gasteiger charge is 2.32. The molecule has 1 N–H and O–H groups in total. The predicted octanol–water partition coefficient (Wildman–Crippen LogP) is 2.81. The molecule has 2 aromatic carbocycles. The molecular formula is C21H26N2O5S. The highest BCUT2D eigenvalue weighted by molar-refractivity contribution is 7.89. The van der Waals surface area contributed by atoms with Gasteiger partial charge in [0.1, 0.15) is 5.75 Å². The Morgan fingerprint density at radius 1 is 1.14 bits per heavy atom. The third kappa shape index (κ3) is 5.56. The third-order valence-corrected chi connectivity index (χ3v) is 6.37. The molecule has 156 valence electrons. The van der Waals surface area contributed by atoms with Crippen LogP contribution in [0.3, 0.4) is 0 Å². The number of carbonyl (C=O) groups is 1. The molecule has 29 heavy (non-hydrogen) atoms. The number of nitrogens with one attached hydrogen (secondary N) is 1. The Hall–Kier alpha value is -2.42. The smallest absolute Gasteiger partial charge is 0.262 e. The van der Waals surface area contributed by atoms with Crippen molar-refractivity contribution in [3.8, 4) is 5.75 Å². The Bertz CT molecular complexity index is 949. The van der Waals surface area contributed by atoms with Gasteiger partial charge in [0.15, 0.2) is 6.61 Å². The van der Waals surface area contributed by atoms with Crippen molar-refractivity contribution in [2.45, 2.75) is 37.9 Å². The lowest BCUT2D eigenvalue weighted by Gasteiger charge is -2.34. The topological polar surface area (TPSA) is 84.9 Å². The first-order chi connectivity index (χ1) is 13.7. The second-order valence-corrected chi connectivity index (χ2v) is 9.20. The van der Waals surface area contributed by atoms with Crippen molar-refractivity contribution in [2.75, 3.05) is 25.0 Å². The highest BCUT2D eigenvalue weighted by atomic mass is 32.2. The number of nitrogens with zero attached hydrogens (tertiary/aromatic N) is 1. The number of ether oxygens (including phenoxy) is 2. The molecule has 7 nitrogen and oxygen atoms in total. The fourth-order valence-electron chi connectivity index (χ4n) is 3.24. The van der Waals surface area contributed by atoms with Crippen molar-refractivity contribution < 1.29 is 22.7 Å². The van der Waals surface area contributed by atoms with Gasteiger partial charge in [-0.25, -0.2) is 8.42 Å². The van der Waals surface area contributed by atoms with E-state index in [0.717, 1.165) is 5.56 Å². The molecule has 1 heterocycles. The molecule has 1 amide bonds. The number of anilines is 1. The first kappa shape index (κ1) is 21.3. The summed E-state index contributed by atoms with van der Waals surface area (Å²) in [6.45, 7) is 6.17. The Balaban J connectivity index is 1.60. The molecule has 1 aliphatic heterocycles. The van der Waals surface area contributed by atoms with Crippen molar-refractivity contribution in [1.82, 2.24) is 4.31 Å². The zero-order valence-corrected chi connectivity index (χ0v) is 17.6. The average Bonchev–Trinajstić information content (AvgIpc) is 2.66. The zero-order chi connectivity index (χ0) is 21.0. The van der Waals surface area contributed by atoms with E-state index >= 15 is 0 Å². The number of rotatable bonds is 6. The second-order valence-electron chi connectivity index (χ2n) is 7.26. The van der Waals surface area contributed by atoms with Crippen molar-refractivity contribution in [1.29, 1.82) is 0 Å². The van der Waals surface area contributed by atoms with Crippen LogP contribution >= 0.6 is 0 Å². The second kappa shape index (κ2) is 8.94. The number of hydrogen-bond acceptors (Lipinski definition) is 5. The molecule has 3 rings (SSSR count). The molecule has 0 bridgehead atoms. The van der Waals surface area contributed by atoms with E-state index in [0.29, 0.717) is 24.5 Å². The van der Waals surface area contributed by atoms with Gasteiger partial charge in [-0.15, -0.1) is 0 Å². The summed E-state index contributed by atoms with van der Waals surface area (Å²) in [6, 6.07) is 13.6. The maximum atomic E-state index is 12.9. The minimum Gasteiger partial charge on any atom is -0.484 e. The molecule has 0 spiro atoms. The summed E-state index contributed by atoms with van der Waals surface area (Å²) in [5.74, 6) is 0.300. The molecule has 8 heteroatoms. The first-order valence-corrected chi connectivity index (χ1v) is 10.9. The van der Waals surface area contributed by atoms with Crippen LogP contribution in [0.5, 0.6) is 5.75 Å². The normalized spacial score (nSPS) is 20.2. The van der Waals surface area contributed by atoms with Gasteiger partial charge in [-0.05, 0) is 62.7 Å². The Labute approximate surface area is 171 Å². The molecule has 0 aliphatic carbocycles. The van der Waals surface area contributed by atoms with Crippen LogP contribution in [0.2, 0.25) is 0 Å². The molecule has 2 atom stereocenters. The average molecular weight is 419 g/mol. The van der Waals surface area contributed by atoms with Gasteiger partial charge in [0.2, 0.25) is 10.0 Å². The van der Waals surface area contributed by atoms with E-state index in [-0.39, 0.29) is 29.6 Å². The summed E-state index contributed by atoms with van der Waals surface area (Å²) >= 11 is 0. The van der Waals surface area contributed by atoms with Crippen molar-refractivity contribution in [3.63, 3.8) is 0 Å². The molecule has 0 saturated carbocycles. The van der Waals surface area contributed by atoms with Crippen LogP contribution in [0.4, 0.5) is 5.69 Å². The van der Waals surface area contributed by atoms with Gasteiger partial charge >= 0.3 is 0 Å². The Morgan fingerprint density at radius 3 is 2.41 bits per heavy atom. The maximum absolute atomic E-state index is 12.9. The number of amides is 1. The Kier molecular flexibility index (Phi) is 6.56. The van der Waals surface area contributed by atoms with E-state index in [2.05, 4.69) is 5.32 Å². The van der Waals surface area contributed by atoms with Gasteiger partial charge in [-0.3, -0.25) is 4.79 Å². The van der Waals surface area contributed by atoms with Gasteiger partial charge in [-0.1, -0.05) is 12.1 Å². The van der Waals surface area contributed by atoms with E-state index in [1.165, 1.54) is 16.4 Å². The van der Waals surface area contributed by atoms with Crippen LogP contribution in [-0.2, 0) is 19.6 Å². The first-order valence-electron chi connectivity index (χ1n) is 9.49. The standard InChI is InChI=1S/C21H26N2O5S/c1-15-5-4-6-19(11-15)27-14-21(24)22-18-7-9-20(10-8-18)29(25,26)23-12-16(2)28-17(3)13-23/h4-11,16-17H,12-14H2,1-3H3,(H,22,24). The highest BCUT2D eigenvalue weighted by Crippen LogP contribution is 2.22. The molecule has 0 aromatic heterocycles. The summed E-state index contributed by atoms with van der Waals surface area (Å²) in [7, 11) is -3.61. The summed E-state index contributed by atoms with van der Waals surface area (Å²) in [5, 5.41) is 2.71. The summed E-state index contributed by atoms with van der Waals surface area (Å²) < 4.78 is 38.2. The van der Waals surface area contributed by atoms with Crippen LogP contribution in [0.25, 0.3) is 0 Å². The van der Waals surface area contributed by atoms with Gasteiger partial charge in [-0.2, -0.15) is 4.31 Å². The SMILES string of the molecule is Cc1cccc(OCC(=O)Nc2ccc(S(=O)(=O)N3CC(C)OC(C)C3)cc2)c1. The van der Waals surface area contributed by atoms with Crippen molar-refractivity contribution in [3.05, 3.63) is 54.1 Å². The molecule has 0 radical (unpaired) electrons. The van der Waals surface area contributed by atoms with Crippen LogP contribution in [0.1, 0.15) is 19.4 Å². The van der Waals surface area contributed by atoms with E-state index in [9.17, 15) is 13.2 Å². The van der Waals surface area contributed by atoms with E-state index in [1.54, 1.807) is 18.2 Å². The third-order valence-electron chi connectivity index (χ3n) is 4.52. The molecule has 1 saturated heterocycles. The largest absolute Gasteiger partial charge is 0.484 e. The van der Waals surface area contributed by atoms with Gasteiger partial charge < -0.3 is 14.8 Å².